The van der Waals surface area contributed by atoms with Gasteiger partial charge in [-0.3, -0.25) is 4.79 Å². The van der Waals surface area contributed by atoms with Gasteiger partial charge in [0.1, 0.15) is 0 Å². The SMILES string of the molecule is CC(=O)O.CC(=O)[O-].CC(=O)[O-].O.O.[Cu+2]. The third kappa shape index (κ3) is 1140. The second-order valence-corrected chi connectivity index (χ2v) is 1.50. The molecule has 0 spiro atoms. The molecule has 0 heterocycles. The maximum atomic E-state index is 9.00. The average Bonchev–Trinajstić information content (AvgIpc) is 1.54. The van der Waals surface area contributed by atoms with Crippen molar-refractivity contribution < 1.29 is 57.7 Å². The van der Waals surface area contributed by atoms with Gasteiger partial charge >= 0.3 is 17.1 Å². The Balaban J connectivity index is -0.0000000184. The molecule has 0 fully saturated rings. The molecule has 0 saturated heterocycles. The van der Waals surface area contributed by atoms with Crippen LogP contribution in [0.3, 0.4) is 0 Å². The van der Waals surface area contributed by atoms with Gasteiger partial charge in [-0.2, -0.15) is 0 Å². The van der Waals surface area contributed by atoms with E-state index in [2.05, 4.69) is 0 Å². The van der Waals surface area contributed by atoms with Gasteiger partial charge in [0.25, 0.3) is 5.97 Å². The Morgan fingerprint density at radius 2 is 0.867 bits per heavy atom. The molecule has 0 aliphatic carbocycles. The van der Waals surface area contributed by atoms with Crippen LogP contribution in [0.1, 0.15) is 20.8 Å². The quantitative estimate of drug-likeness (QED) is 0.440. The number of aliphatic carboxylic acids is 3. The summed E-state index contributed by atoms with van der Waals surface area (Å²) in [6.07, 6.45) is 0. The molecule has 15 heavy (non-hydrogen) atoms. The summed E-state index contributed by atoms with van der Waals surface area (Å²) in [4.78, 5) is 26.8. The van der Waals surface area contributed by atoms with Crippen LogP contribution < -0.4 is 10.2 Å². The smallest absolute Gasteiger partial charge is 0.550 e. The van der Waals surface area contributed by atoms with Crippen LogP contribution in [-0.2, 0) is 31.5 Å². The number of carbonyl (C=O) groups excluding carboxylic acids is 2. The van der Waals surface area contributed by atoms with Gasteiger partial charge in [-0.25, -0.2) is 0 Å². The van der Waals surface area contributed by atoms with Crippen LogP contribution in [0.5, 0.6) is 0 Å². The van der Waals surface area contributed by atoms with E-state index in [0.29, 0.717) is 0 Å². The minimum absolute atomic E-state index is 0. The largest absolute Gasteiger partial charge is 2.00 e. The number of carbonyl (C=O) groups is 3. The van der Waals surface area contributed by atoms with E-state index >= 15 is 0 Å². The summed E-state index contributed by atoms with van der Waals surface area (Å²) in [7, 11) is 0. The normalized spacial score (nSPS) is 5.00. The zero-order valence-electron chi connectivity index (χ0n) is 8.29. The van der Waals surface area contributed by atoms with Gasteiger partial charge in [-0.1, -0.05) is 0 Å². The zero-order valence-corrected chi connectivity index (χ0v) is 9.23. The van der Waals surface area contributed by atoms with Gasteiger partial charge in [0, 0.05) is 18.9 Å². The van der Waals surface area contributed by atoms with Gasteiger partial charge in [0.05, 0.1) is 0 Å². The fraction of sp³-hybridized carbons (Fsp3) is 0.500. The predicted octanol–water partition coefficient (Wildman–Crippen LogP) is -4.05. The van der Waals surface area contributed by atoms with Gasteiger partial charge in [-0.05, 0) is 13.8 Å². The fourth-order valence-electron chi connectivity index (χ4n) is 0. The first-order chi connectivity index (χ1) is 5.20. The van der Waals surface area contributed by atoms with Crippen LogP contribution in [0.15, 0.2) is 0 Å². The van der Waals surface area contributed by atoms with E-state index in [-0.39, 0.29) is 28.0 Å². The van der Waals surface area contributed by atoms with Crippen molar-refractivity contribution in [2.45, 2.75) is 20.8 Å². The monoisotopic (exact) mass is 277 g/mol. The summed E-state index contributed by atoms with van der Waals surface area (Å²) in [5.74, 6) is -3.00. The third-order valence-corrected chi connectivity index (χ3v) is 0. The summed E-state index contributed by atoms with van der Waals surface area (Å²) in [5.41, 5.74) is 0. The summed E-state index contributed by atoms with van der Waals surface area (Å²) >= 11 is 0. The van der Waals surface area contributed by atoms with E-state index in [1.807, 2.05) is 0 Å². The van der Waals surface area contributed by atoms with Crippen LogP contribution in [0.25, 0.3) is 0 Å². The number of rotatable bonds is 0. The summed E-state index contributed by atoms with van der Waals surface area (Å²) < 4.78 is 0. The summed E-state index contributed by atoms with van der Waals surface area (Å²) in [5, 5.41) is 25.2. The van der Waals surface area contributed by atoms with Crippen molar-refractivity contribution in [1.29, 1.82) is 0 Å². The molecule has 0 saturated carbocycles. The third-order valence-electron chi connectivity index (χ3n) is 0. The maximum Gasteiger partial charge on any atom is 2.00 e. The topological polar surface area (TPSA) is 181 Å². The molecule has 0 aliphatic rings. The van der Waals surface area contributed by atoms with Crippen LogP contribution >= 0.6 is 0 Å². The average molecular weight is 278 g/mol. The molecule has 0 aromatic heterocycles. The molecule has 8 nitrogen and oxygen atoms in total. The molecule has 0 bridgehead atoms. The van der Waals surface area contributed by atoms with Crippen molar-refractivity contribution in [1.82, 2.24) is 0 Å². The molecule has 0 aromatic rings. The molecular weight excluding hydrogens is 264 g/mol. The van der Waals surface area contributed by atoms with Crippen LogP contribution in [0.4, 0.5) is 0 Å². The Labute approximate surface area is 97.0 Å². The fourth-order valence-corrected chi connectivity index (χ4v) is 0. The van der Waals surface area contributed by atoms with Gasteiger partial charge < -0.3 is 35.9 Å². The van der Waals surface area contributed by atoms with Crippen molar-refractivity contribution in [2.24, 2.45) is 0 Å². The Hall–Kier alpha value is -1.15. The number of carboxylic acid groups (broad SMARTS) is 3. The Morgan fingerprint density at radius 3 is 0.867 bits per heavy atom. The van der Waals surface area contributed by atoms with Crippen LogP contribution in [0.2, 0.25) is 0 Å². The molecule has 0 aromatic carbocycles. The second-order valence-electron chi connectivity index (χ2n) is 1.50. The van der Waals surface area contributed by atoms with Crippen molar-refractivity contribution in [3.8, 4) is 0 Å². The Morgan fingerprint density at radius 1 is 0.867 bits per heavy atom. The predicted molar refractivity (Wildman–Crippen MR) is 41.9 cm³/mol. The number of hydrogen-bond donors (Lipinski definition) is 1. The molecule has 1 radical (unpaired) electrons. The molecule has 9 heteroatoms. The molecule has 0 rings (SSSR count). The molecule has 0 unspecified atom stereocenters. The van der Waals surface area contributed by atoms with Gasteiger partial charge in [-0.15, -0.1) is 0 Å². The summed E-state index contributed by atoms with van der Waals surface area (Å²) in [6, 6.07) is 0. The van der Waals surface area contributed by atoms with E-state index in [9.17, 15) is 0 Å². The first kappa shape index (κ1) is 37.1. The Bertz CT molecular complexity index is 117. The number of hydrogen-bond acceptors (Lipinski definition) is 5. The first-order valence-electron chi connectivity index (χ1n) is 2.74. The minimum atomic E-state index is -1.08. The van der Waals surface area contributed by atoms with E-state index < -0.39 is 17.9 Å². The standard InChI is InChI=1S/3C2H4O2.Cu.2H2O/c3*1-2(3)4;;;/h3*1H3,(H,3,4);;2*1H2/q;;;+2;;/p-2. The molecule has 0 aliphatic heterocycles. The first-order valence-corrected chi connectivity index (χ1v) is 2.74. The van der Waals surface area contributed by atoms with E-state index in [1.165, 1.54) is 0 Å². The summed E-state index contributed by atoms with van der Waals surface area (Å²) in [6.45, 7) is 3.03. The second kappa shape index (κ2) is 29.3. The molecule has 97 valence electrons. The zero-order chi connectivity index (χ0) is 10.7. The van der Waals surface area contributed by atoms with E-state index in [1.54, 1.807) is 0 Å². The van der Waals surface area contributed by atoms with Crippen molar-refractivity contribution in [2.75, 3.05) is 0 Å². The van der Waals surface area contributed by atoms with Crippen LogP contribution in [-0.4, -0.2) is 34.0 Å². The van der Waals surface area contributed by atoms with Gasteiger partial charge in [0.2, 0.25) is 0 Å². The van der Waals surface area contributed by atoms with E-state index in [4.69, 9.17) is 29.7 Å². The maximum absolute atomic E-state index is 9.00. The van der Waals surface area contributed by atoms with E-state index in [0.717, 1.165) is 20.8 Å². The molecular formula is C6H14CuO8. The van der Waals surface area contributed by atoms with Gasteiger partial charge in [0.15, 0.2) is 0 Å². The van der Waals surface area contributed by atoms with Crippen molar-refractivity contribution in [3.05, 3.63) is 0 Å². The molecule has 5 N–H and O–H groups in total. The molecule has 0 atom stereocenters. The minimum Gasteiger partial charge on any atom is -0.550 e. The van der Waals surface area contributed by atoms with Crippen molar-refractivity contribution in [3.63, 3.8) is 0 Å². The molecule has 0 amide bonds. The van der Waals surface area contributed by atoms with Crippen molar-refractivity contribution >= 4 is 17.9 Å². The number of carboxylic acids is 3. The van der Waals surface area contributed by atoms with Crippen LogP contribution in [0, 0.1) is 0 Å². The Kier molecular flexibility index (Phi) is 72.4.